The third kappa shape index (κ3) is 1.33. The van der Waals surface area contributed by atoms with Crippen molar-refractivity contribution in [1.82, 2.24) is 4.90 Å². The van der Waals surface area contributed by atoms with Gasteiger partial charge >= 0.3 is 0 Å². The molecule has 0 bridgehead atoms. The first kappa shape index (κ1) is 9.76. The van der Waals surface area contributed by atoms with Crippen molar-refractivity contribution in [3.05, 3.63) is 35.0 Å². The molecule has 0 saturated heterocycles. The average molecular weight is 215 g/mol. The predicted molar refractivity (Wildman–Crippen MR) is 65.7 cm³/mol. The number of nitrogens with zero attached hydrogens (tertiary/aromatic N) is 1. The van der Waals surface area contributed by atoms with Crippen molar-refractivity contribution < 1.29 is 4.74 Å². The van der Waals surface area contributed by atoms with Gasteiger partial charge in [0.2, 0.25) is 0 Å². The summed E-state index contributed by atoms with van der Waals surface area (Å²) in [4.78, 5) is 2.28. The molecule has 0 N–H and O–H groups in total. The molecule has 1 aliphatic heterocycles. The zero-order valence-corrected chi connectivity index (χ0v) is 9.86. The third-order valence-electron chi connectivity index (χ3n) is 3.73. The lowest BCUT2D eigenvalue weighted by molar-refractivity contribution is 0.409. The van der Waals surface area contributed by atoms with Gasteiger partial charge in [-0.2, -0.15) is 0 Å². The van der Waals surface area contributed by atoms with Crippen molar-refractivity contribution in [2.45, 2.75) is 18.8 Å². The first-order chi connectivity index (χ1) is 7.79. The fourth-order valence-electron chi connectivity index (χ4n) is 2.98. The smallest absolute Gasteiger partial charge is 0.126 e. The second kappa shape index (κ2) is 3.55. The van der Waals surface area contributed by atoms with Crippen LogP contribution in [-0.4, -0.2) is 25.6 Å². The maximum Gasteiger partial charge on any atom is 0.126 e. The highest BCUT2D eigenvalue weighted by Gasteiger charge is 2.28. The van der Waals surface area contributed by atoms with E-state index in [0.29, 0.717) is 5.92 Å². The van der Waals surface area contributed by atoms with Gasteiger partial charge in [-0.3, -0.25) is 0 Å². The van der Waals surface area contributed by atoms with E-state index in [2.05, 4.69) is 36.4 Å². The fourth-order valence-corrected chi connectivity index (χ4v) is 2.98. The molecular weight excluding hydrogens is 198 g/mol. The Morgan fingerprint density at radius 1 is 1.38 bits per heavy atom. The molecule has 0 amide bonds. The van der Waals surface area contributed by atoms with Gasteiger partial charge in [0.15, 0.2) is 0 Å². The van der Waals surface area contributed by atoms with E-state index in [1.54, 1.807) is 7.11 Å². The number of hydrogen-bond acceptors (Lipinski definition) is 2. The van der Waals surface area contributed by atoms with E-state index in [9.17, 15) is 0 Å². The molecular formula is C14H17NO. The van der Waals surface area contributed by atoms with Crippen molar-refractivity contribution in [3.63, 3.8) is 0 Å². The molecule has 84 valence electrons. The minimum Gasteiger partial charge on any atom is -0.496 e. The molecule has 1 aliphatic carbocycles. The van der Waals surface area contributed by atoms with Gasteiger partial charge in [-0.05, 0) is 42.3 Å². The van der Waals surface area contributed by atoms with E-state index in [4.69, 9.17) is 4.74 Å². The van der Waals surface area contributed by atoms with Crippen molar-refractivity contribution in [2.75, 3.05) is 20.7 Å². The molecule has 1 aromatic rings. The normalized spacial score (nSPS) is 21.9. The Labute approximate surface area is 96.5 Å². The lowest BCUT2D eigenvalue weighted by Gasteiger charge is -2.18. The first-order valence-electron chi connectivity index (χ1n) is 5.88. The maximum atomic E-state index is 5.46. The van der Waals surface area contributed by atoms with Crippen LogP contribution in [0.5, 0.6) is 5.75 Å². The summed E-state index contributed by atoms with van der Waals surface area (Å²) in [6.45, 7) is 1.13. The minimum absolute atomic E-state index is 0.681. The monoisotopic (exact) mass is 215 g/mol. The molecule has 2 heteroatoms. The van der Waals surface area contributed by atoms with Gasteiger partial charge < -0.3 is 9.64 Å². The van der Waals surface area contributed by atoms with Crippen LogP contribution in [0.4, 0.5) is 0 Å². The summed E-state index contributed by atoms with van der Waals surface area (Å²) in [6, 6.07) is 4.34. The zero-order chi connectivity index (χ0) is 11.1. The van der Waals surface area contributed by atoms with Gasteiger partial charge in [0.05, 0.1) is 7.11 Å². The number of benzene rings is 1. The van der Waals surface area contributed by atoms with Gasteiger partial charge in [-0.1, -0.05) is 6.07 Å². The molecule has 0 fully saturated rings. The molecule has 16 heavy (non-hydrogen) atoms. The number of methoxy groups -OCH3 is 1. The number of ether oxygens (including phenoxy) is 1. The summed E-state index contributed by atoms with van der Waals surface area (Å²) in [5.41, 5.74) is 4.34. The Balaban J connectivity index is 2.21. The molecule has 0 spiro atoms. The molecule has 2 nitrogen and oxygen atoms in total. The quantitative estimate of drug-likeness (QED) is 0.714. The Bertz CT molecular complexity index is 450. The lowest BCUT2D eigenvalue weighted by Crippen LogP contribution is -2.16. The predicted octanol–water partition coefficient (Wildman–Crippen LogP) is 2.64. The molecule has 1 atom stereocenters. The zero-order valence-electron chi connectivity index (χ0n) is 9.86. The average Bonchev–Trinajstić information content (AvgIpc) is 2.61. The summed E-state index contributed by atoms with van der Waals surface area (Å²) in [5.74, 6) is 1.69. The van der Waals surface area contributed by atoms with Crippen LogP contribution in [-0.2, 0) is 6.42 Å². The number of likely N-dealkylation sites (N-methyl/N-ethyl adjacent to an activating group) is 1. The molecule has 0 aromatic heterocycles. The van der Waals surface area contributed by atoms with Gasteiger partial charge in [-0.25, -0.2) is 0 Å². The Hall–Kier alpha value is -1.44. The summed E-state index contributed by atoms with van der Waals surface area (Å²) in [7, 11) is 3.90. The fraction of sp³-hybridized carbons (Fsp3) is 0.429. The first-order valence-corrected chi connectivity index (χ1v) is 5.88. The largest absolute Gasteiger partial charge is 0.496 e. The van der Waals surface area contributed by atoms with Crippen LogP contribution in [0.15, 0.2) is 18.3 Å². The molecule has 0 saturated carbocycles. The van der Waals surface area contributed by atoms with E-state index < -0.39 is 0 Å². The van der Waals surface area contributed by atoms with Crippen LogP contribution in [0.2, 0.25) is 0 Å². The lowest BCUT2D eigenvalue weighted by atomic mass is 9.95. The number of aryl methyl sites for hydroxylation is 1. The van der Waals surface area contributed by atoms with Crippen molar-refractivity contribution in [1.29, 1.82) is 0 Å². The molecule has 2 aliphatic rings. The number of rotatable bonds is 1. The van der Waals surface area contributed by atoms with Crippen LogP contribution in [0.3, 0.4) is 0 Å². The minimum atomic E-state index is 0.681. The second-order valence-corrected chi connectivity index (χ2v) is 4.75. The van der Waals surface area contributed by atoms with Crippen LogP contribution in [0, 0.1) is 0 Å². The molecule has 1 aromatic carbocycles. The topological polar surface area (TPSA) is 12.5 Å². The van der Waals surface area contributed by atoms with E-state index in [0.717, 1.165) is 12.3 Å². The van der Waals surface area contributed by atoms with Gasteiger partial charge in [0.25, 0.3) is 0 Å². The van der Waals surface area contributed by atoms with Crippen molar-refractivity contribution in [2.24, 2.45) is 0 Å². The number of hydrogen-bond donors (Lipinski definition) is 0. The summed E-state index contributed by atoms with van der Waals surface area (Å²) >= 11 is 0. The Morgan fingerprint density at radius 2 is 2.25 bits per heavy atom. The highest BCUT2D eigenvalue weighted by atomic mass is 16.5. The highest BCUT2D eigenvalue weighted by molar-refractivity contribution is 5.66. The summed E-state index contributed by atoms with van der Waals surface area (Å²) < 4.78 is 5.46. The SMILES string of the molecule is COc1ccc2c3c1C=CN(C)CC3CC2. The molecule has 0 radical (unpaired) electrons. The van der Waals surface area contributed by atoms with Crippen molar-refractivity contribution in [3.8, 4) is 5.75 Å². The van der Waals surface area contributed by atoms with E-state index in [-0.39, 0.29) is 0 Å². The van der Waals surface area contributed by atoms with E-state index in [1.165, 1.54) is 29.5 Å². The summed E-state index contributed by atoms with van der Waals surface area (Å²) in [6.07, 6.45) is 6.86. The van der Waals surface area contributed by atoms with Crippen LogP contribution >= 0.6 is 0 Å². The third-order valence-corrected chi connectivity index (χ3v) is 3.73. The standard InChI is InChI=1S/C14H17NO/c1-15-8-7-12-13(16-2)6-5-10-3-4-11(9-15)14(10)12/h5-8,11H,3-4,9H2,1-2H3. The highest BCUT2D eigenvalue weighted by Crippen LogP contribution is 2.41. The van der Waals surface area contributed by atoms with Gasteiger partial charge in [0, 0.05) is 25.1 Å². The van der Waals surface area contributed by atoms with Gasteiger partial charge in [-0.15, -0.1) is 0 Å². The van der Waals surface area contributed by atoms with Crippen LogP contribution in [0.25, 0.3) is 6.08 Å². The molecule has 1 unspecified atom stereocenters. The summed E-state index contributed by atoms with van der Waals surface area (Å²) in [5, 5.41) is 0. The Kier molecular flexibility index (Phi) is 2.16. The second-order valence-electron chi connectivity index (χ2n) is 4.75. The van der Waals surface area contributed by atoms with E-state index in [1.807, 2.05) is 0 Å². The molecule has 3 rings (SSSR count). The Morgan fingerprint density at radius 3 is 3.06 bits per heavy atom. The van der Waals surface area contributed by atoms with E-state index >= 15 is 0 Å². The van der Waals surface area contributed by atoms with Crippen LogP contribution < -0.4 is 4.74 Å². The molecule has 1 heterocycles. The van der Waals surface area contributed by atoms with Gasteiger partial charge in [0.1, 0.15) is 5.75 Å². The van der Waals surface area contributed by atoms with Crippen LogP contribution in [0.1, 0.15) is 29.0 Å². The maximum absolute atomic E-state index is 5.46. The van der Waals surface area contributed by atoms with Crippen molar-refractivity contribution >= 4 is 6.08 Å².